The predicted octanol–water partition coefficient (Wildman–Crippen LogP) is 2.45. The lowest BCUT2D eigenvalue weighted by Gasteiger charge is -2.22. The number of benzene rings is 1. The van der Waals surface area contributed by atoms with Crippen LogP contribution in [-0.4, -0.2) is 50.1 Å². The maximum absolute atomic E-state index is 5.38. The highest BCUT2D eigenvalue weighted by atomic mass is 16.5. The standard InChI is InChI=1S/C16H26N2O/c1-13-11-16(19-4)14(2)10-15(13)12-18-7-5-6-17(3)8-9-18/h10-11H,5-9,12H2,1-4H3. The van der Waals surface area contributed by atoms with Crippen molar-refractivity contribution in [3.63, 3.8) is 0 Å². The van der Waals surface area contributed by atoms with E-state index in [1.807, 2.05) is 0 Å². The SMILES string of the molecule is COc1cc(C)c(CN2CCCN(C)CC2)cc1C. The zero-order chi connectivity index (χ0) is 13.8. The summed E-state index contributed by atoms with van der Waals surface area (Å²) >= 11 is 0. The van der Waals surface area contributed by atoms with Gasteiger partial charge >= 0.3 is 0 Å². The Morgan fingerprint density at radius 2 is 1.84 bits per heavy atom. The van der Waals surface area contributed by atoms with Gasteiger partial charge in [0.15, 0.2) is 0 Å². The quantitative estimate of drug-likeness (QED) is 0.832. The van der Waals surface area contributed by atoms with Crippen molar-refractivity contribution in [2.75, 3.05) is 40.3 Å². The van der Waals surface area contributed by atoms with Gasteiger partial charge in [0.2, 0.25) is 0 Å². The van der Waals surface area contributed by atoms with Gasteiger partial charge in [-0.3, -0.25) is 4.90 Å². The number of aryl methyl sites for hydroxylation is 2. The van der Waals surface area contributed by atoms with E-state index in [1.165, 1.54) is 49.3 Å². The lowest BCUT2D eigenvalue weighted by molar-refractivity contribution is 0.268. The van der Waals surface area contributed by atoms with Crippen molar-refractivity contribution in [1.82, 2.24) is 9.80 Å². The molecule has 3 heteroatoms. The van der Waals surface area contributed by atoms with Crippen LogP contribution in [0.3, 0.4) is 0 Å². The fraction of sp³-hybridized carbons (Fsp3) is 0.625. The van der Waals surface area contributed by atoms with Crippen LogP contribution >= 0.6 is 0 Å². The molecular formula is C16H26N2O. The highest BCUT2D eigenvalue weighted by Gasteiger charge is 2.14. The lowest BCUT2D eigenvalue weighted by atomic mass is 10.0. The molecule has 2 rings (SSSR count). The van der Waals surface area contributed by atoms with Gasteiger partial charge in [0, 0.05) is 19.6 Å². The van der Waals surface area contributed by atoms with Crippen molar-refractivity contribution in [3.05, 3.63) is 28.8 Å². The third-order valence-electron chi connectivity index (χ3n) is 4.06. The third-order valence-corrected chi connectivity index (χ3v) is 4.06. The summed E-state index contributed by atoms with van der Waals surface area (Å²) in [6.07, 6.45) is 1.27. The van der Waals surface area contributed by atoms with Crippen molar-refractivity contribution in [3.8, 4) is 5.75 Å². The van der Waals surface area contributed by atoms with Gasteiger partial charge in [0.05, 0.1) is 7.11 Å². The maximum Gasteiger partial charge on any atom is 0.122 e. The smallest absolute Gasteiger partial charge is 0.122 e. The van der Waals surface area contributed by atoms with Gasteiger partial charge in [-0.1, -0.05) is 6.07 Å². The Kier molecular flexibility index (Phi) is 4.83. The van der Waals surface area contributed by atoms with Gasteiger partial charge in [-0.2, -0.15) is 0 Å². The van der Waals surface area contributed by atoms with Gasteiger partial charge in [-0.25, -0.2) is 0 Å². The molecule has 1 aromatic carbocycles. The second-order valence-corrected chi connectivity index (χ2v) is 5.68. The van der Waals surface area contributed by atoms with E-state index in [1.54, 1.807) is 7.11 Å². The molecule has 3 nitrogen and oxygen atoms in total. The largest absolute Gasteiger partial charge is 0.496 e. The van der Waals surface area contributed by atoms with Crippen molar-refractivity contribution < 1.29 is 4.74 Å². The molecule has 0 saturated carbocycles. The Labute approximate surface area is 117 Å². The number of hydrogen-bond donors (Lipinski definition) is 0. The molecule has 0 amide bonds. The highest BCUT2D eigenvalue weighted by molar-refractivity contribution is 5.41. The highest BCUT2D eigenvalue weighted by Crippen LogP contribution is 2.23. The number of nitrogens with zero attached hydrogens (tertiary/aromatic N) is 2. The number of methoxy groups -OCH3 is 1. The van der Waals surface area contributed by atoms with Crippen molar-refractivity contribution >= 4 is 0 Å². The van der Waals surface area contributed by atoms with Crippen LogP contribution in [0, 0.1) is 13.8 Å². The summed E-state index contributed by atoms with van der Waals surface area (Å²) in [4.78, 5) is 4.99. The summed E-state index contributed by atoms with van der Waals surface area (Å²) in [5.74, 6) is 0.997. The van der Waals surface area contributed by atoms with E-state index >= 15 is 0 Å². The molecule has 19 heavy (non-hydrogen) atoms. The fourth-order valence-electron chi connectivity index (χ4n) is 2.74. The second kappa shape index (κ2) is 6.40. The second-order valence-electron chi connectivity index (χ2n) is 5.68. The normalized spacial score (nSPS) is 18.3. The van der Waals surface area contributed by atoms with Crippen LogP contribution < -0.4 is 4.74 Å². The van der Waals surface area contributed by atoms with Gasteiger partial charge in [0.1, 0.15) is 5.75 Å². The van der Waals surface area contributed by atoms with E-state index in [9.17, 15) is 0 Å². The van der Waals surface area contributed by atoms with Crippen LogP contribution in [-0.2, 0) is 6.54 Å². The zero-order valence-corrected chi connectivity index (χ0v) is 12.7. The van der Waals surface area contributed by atoms with Crippen LogP contribution in [0.25, 0.3) is 0 Å². The molecule has 0 radical (unpaired) electrons. The molecule has 0 aliphatic carbocycles. The molecule has 1 saturated heterocycles. The third kappa shape index (κ3) is 3.71. The molecule has 0 bridgehead atoms. The Morgan fingerprint density at radius 1 is 1.05 bits per heavy atom. The molecule has 1 fully saturated rings. The maximum atomic E-state index is 5.38. The molecular weight excluding hydrogens is 236 g/mol. The van der Waals surface area contributed by atoms with E-state index in [2.05, 4.69) is 42.8 Å². The van der Waals surface area contributed by atoms with E-state index in [-0.39, 0.29) is 0 Å². The Balaban J connectivity index is 2.08. The predicted molar refractivity (Wildman–Crippen MR) is 79.9 cm³/mol. The van der Waals surface area contributed by atoms with Crippen molar-refractivity contribution in [2.45, 2.75) is 26.8 Å². The first-order chi connectivity index (χ1) is 9.10. The molecule has 1 aromatic rings. The van der Waals surface area contributed by atoms with Gasteiger partial charge in [-0.05, 0) is 63.2 Å². The summed E-state index contributed by atoms with van der Waals surface area (Å²) in [7, 11) is 3.96. The minimum absolute atomic E-state index is 0.997. The first kappa shape index (κ1) is 14.4. The molecule has 1 aliphatic heterocycles. The Bertz CT molecular complexity index is 431. The first-order valence-electron chi connectivity index (χ1n) is 7.15. The molecule has 0 spiro atoms. The monoisotopic (exact) mass is 262 g/mol. The molecule has 106 valence electrons. The summed E-state index contributed by atoms with van der Waals surface area (Å²) in [6.45, 7) is 10.1. The number of rotatable bonds is 3. The van der Waals surface area contributed by atoms with Crippen molar-refractivity contribution in [2.24, 2.45) is 0 Å². The molecule has 0 N–H and O–H groups in total. The van der Waals surface area contributed by atoms with E-state index in [4.69, 9.17) is 4.74 Å². The molecule has 1 heterocycles. The minimum Gasteiger partial charge on any atom is -0.496 e. The van der Waals surface area contributed by atoms with Crippen LogP contribution in [0.15, 0.2) is 12.1 Å². The summed E-state index contributed by atoms with van der Waals surface area (Å²) in [5, 5.41) is 0. The van der Waals surface area contributed by atoms with Crippen LogP contribution in [0.1, 0.15) is 23.1 Å². The number of hydrogen-bond acceptors (Lipinski definition) is 3. The van der Waals surface area contributed by atoms with Gasteiger partial charge in [0.25, 0.3) is 0 Å². The van der Waals surface area contributed by atoms with E-state index in [0.29, 0.717) is 0 Å². The molecule has 0 unspecified atom stereocenters. The van der Waals surface area contributed by atoms with Crippen LogP contribution in [0.2, 0.25) is 0 Å². The Morgan fingerprint density at radius 3 is 2.58 bits per heavy atom. The summed E-state index contributed by atoms with van der Waals surface area (Å²) in [5.41, 5.74) is 4.00. The topological polar surface area (TPSA) is 15.7 Å². The molecule has 0 aromatic heterocycles. The van der Waals surface area contributed by atoms with Crippen LogP contribution in [0.4, 0.5) is 0 Å². The number of ether oxygens (including phenoxy) is 1. The van der Waals surface area contributed by atoms with Crippen molar-refractivity contribution in [1.29, 1.82) is 0 Å². The molecule has 1 aliphatic rings. The average molecular weight is 262 g/mol. The average Bonchev–Trinajstić information content (AvgIpc) is 2.58. The Hall–Kier alpha value is -1.06. The summed E-state index contributed by atoms with van der Waals surface area (Å²) < 4.78 is 5.38. The minimum atomic E-state index is 0.997. The van der Waals surface area contributed by atoms with E-state index < -0.39 is 0 Å². The van der Waals surface area contributed by atoms with E-state index in [0.717, 1.165) is 12.3 Å². The fourth-order valence-corrected chi connectivity index (χ4v) is 2.74. The van der Waals surface area contributed by atoms with Gasteiger partial charge < -0.3 is 9.64 Å². The summed E-state index contributed by atoms with van der Waals surface area (Å²) in [6, 6.07) is 4.44. The molecule has 0 atom stereocenters. The first-order valence-corrected chi connectivity index (χ1v) is 7.15. The van der Waals surface area contributed by atoms with Gasteiger partial charge in [-0.15, -0.1) is 0 Å². The van der Waals surface area contributed by atoms with Crippen LogP contribution in [0.5, 0.6) is 5.75 Å². The zero-order valence-electron chi connectivity index (χ0n) is 12.7. The lowest BCUT2D eigenvalue weighted by Crippen LogP contribution is -2.28. The number of likely N-dealkylation sites (N-methyl/N-ethyl adjacent to an activating group) is 1.